The lowest BCUT2D eigenvalue weighted by Crippen LogP contribution is -2.47. The van der Waals surface area contributed by atoms with Gasteiger partial charge in [0.2, 0.25) is 0 Å². The molecule has 0 bridgehead atoms. The van der Waals surface area contributed by atoms with Gasteiger partial charge in [0.1, 0.15) is 24.0 Å². The van der Waals surface area contributed by atoms with Crippen molar-refractivity contribution in [1.82, 2.24) is 25.4 Å². The molecule has 2 heterocycles. The number of para-hydroxylation sites is 1. The monoisotopic (exact) mass is 512 g/mol. The Bertz CT molecular complexity index is 827. The molecule has 2 aromatic rings. The Hall–Kier alpha value is -1.84. The van der Waals surface area contributed by atoms with Crippen LogP contribution in [-0.2, 0) is 18.4 Å². The van der Waals surface area contributed by atoms with Crippen molar-refractivity contribution in [2.45, 2.75) is 58.5 Å². The molecule has 0 saturated carbocycles. The number of rotatable bonds is 5. The van der Waals surface area contributed by atoms with Gasteiger partial charge < -0.3 is 15.4 Å². The van der Waals surface area contributed by atoms with E-state index in [2.05, 4.69) is 58.6 Å². The Labute approximate surface area is 190 Å². The van der Waals surface area contributed by atoms with E-state index in [1.807, 2.05) is 23.7 Å². The maximum atomic E-state index is 6.03. The van der Waals surface area contributed by atoms with Crippen LogP contribution in [0.3, 0.4) is 0 Å². The smallest absolute Gasteiger partial charge is 0.191 e. The maximum Gasteiger partial charge on any atom is 0.191 e. The van der Waals surface area contributed by atoms with E-state index in [9.17, 15) is 0 Å². The van der Waals surface area contributed by atoms with E-state index < -0.39 is 0 Å². The van der Waals surface area contributed by atoms with Gasteiger partial charge in [-0.25, -0.2) is 9.67 Å². The number of aryl methyl sites for hydroxylation is 2. The summed E-state index contributed by atoms with van der Waals surface area (Å²) in [5, 5.41) is 11.3. The van der Waals surface area contributed by atoms with Gasteiger partial charge in [0.05, 0.1) is 13.1 Å². The van der Waals surface area contributed by atoms with Crippen molar-refractivity contribution in [2.24, 2.45) is 4.99 Å². The van der Waals surface area contributed by atoms with Gasteiger partial charge in [-0.15, -0.1) is 24.0 Å². The number of halogens is 1. The van der Waals surface area contributed by atoms with Crippen molar-refractivity contribution in [3.63, 3.8) is 0 Å². The van der Waals surface area contributed by atoms with E-state index in [4.69, 9.17) is 4.74 Å². The van der Waals surface area contributed by atoms with Crippen LogP contribution >= 0.6 is 24.0 Å². The van der Waals surface area contributed by atoms with Gasteiger partial charge in [-0.1, -0.05) is 39.0 Å². The van der Waals surface area contributed by atoms with Gasteiger partial charge in [0.15, 0.2) is 5.96 Å². The van der Waals surface area contributed by atoms with Crippen molar-refractivity contribution < 1.29 is 4.74 Å². The fourth-order valence-corrected chi connectivity index (χ4v) is 3.48. The van der Waals surface area contributed by atoms with Crippen LogP contribution in [0.2, 0.25) is 0 Å². The summed E-state index contributed by atoms with van der Waals surface area (Å²) >= 11 is 0. The molecule has 0 saturated heterocycles. The average molecular weight is 512 g/mol. The molecule has 0 spiro atoms. The standard InChI is InChI=1S/C21H32N6O.HI/c1-15-24-19-11-10-16(14-27(19)26-15)25-20(22-5)23-12-13-28-18-9-7-6-8-17(18)21(2,3)4;/h6-9,16H,10-14H2,1-5H3,(H2,22,23,25);1H. The highest BCUT2D eigenvalue weighted by Crippen LogP contribution is 2.30. The van der Waals surface area contributed by atoms with Crippen molar-refractivity contribution >= 4 is 29.9 Å². The first-order chi connectivity index (χ1) is 13.4. The van der Waals surface area contributed by atoms with Gasteiger partial charge >= 0.3 is 0 Å². The van der Waals surface area contributed by atoms with Crippen molar-refractivity contribution in [2.75, 3.05) is 20.2 Å². The molecule has 1 aromatic heterocycles. The molecule has 160 valence electrons. The fourth-order valence-electron chi connectivity index (χ4n) is 3.48. The molecule has 29 heavy (non-hydrogen) atoms. The van der Waals surface area contributed by atoms with E-state index in [1.165, 1.54) is 5.56 Å². The molecule has 0 radical (unpaired) electrons. The molecule has 2 N–H and O–H groups in total. The molecule has 1 unspecified atom stereocenters. The van der Waals surface area contributed by atoms with Crippen LogP contribution in [-0.4, -0.2) is 47.0 Å². The van der Waals surface area contributed by atoms with Crippen LogP contribution in [0.5, 0.6) is 5.75 Å². The highest BCUT2D eigenvalue weighted by atomic mass is 127. The van der Waals surface area contributed by atoms with Crippen molar-refractivity contribution in [1.29, 1.82) is 0 Å². The first-order valence-corrected chi connectivity index (χ1v) is 9.96. The fraction of sp³-hybridized carbons (Fsp3) is 0.571. The molecule has 1 atom stereocenters. The topological polar surface area (TPSA) is 76.4 Å². The van der Waals surface area contributed by atoms with Crippen molar-refractivity contribution in [3.05, 3.63) is 41.5 Å². The van der Waals surface area contributed by atoms with Gasteiger partial charge in [-0.3, -0.25) is 4.99 Å². The van der Waals surface area contributed by atoms with Crippen molar-refractivity contribution in [3.8, 4) is 5.75 Å². The van der Waals surface area contributed by atoms with Crippen LogP contribution in [0, 0.1) is 6.92 Å². The summed E-state index contributed by atoms with van der Waals surface area (Å²) in [5.41, 5.74) is 1.28. The number of benzene rings is 1. The second kappa shape index (κ2) is 10.3. The number of nitrogens with zero attached hydrogens (tertiary/aromatic N) is 4. The predicted octanol–water partition coefficient (Wildman–Crippen LogP) is 3.06. The Morgan fingerprint density at radius 1 is 1.31 bits per heavy atom. The van der Waals surface area contributed by atoms with Gasteiger partial charge in [-0.05, 0) is 30.4 Å². The summed E-state index contributed by atoms with van der Waals surface area (Å²) in [6, 6.07) is 8.54. The normalized spacial score (nSPS) is 16.6. The third-order valence-corrected chi connectivity index (χ3v) is 4.88. The Balaban J connectivity index is 0.00000300. The second-order valence-electron chi connectivity index (χ2n) is 8.23. The summed E-state index contributed by atoms with van der Waals surface area (Å²) in [6.07, 6.45) is 1.95. The average Bonchev–Trinajstić information content (AvgIpc) is 3.03. The first kappa shape index (κ1) is 23.4. The van der Waals surface area contributed by atoms with Crippen LogP contribution in [0.15, 0.2) is 29.3 Å². The first-order valence-electron chi connectivity index (χ1n) is 9.96. The third kappa shape index (κ3) is 6.32. The molecule has 1 aliphatic rings. The summed E-state index contributed by atoms with van der Waals surface area (Å²) < 4.78 is 8.03. The van der Waals surface area contributed by atoms with Gasteiger partial charge in [0.25, 0.3) is 0 Å². The number of ether oxygens (including phenoxy) is 1. The van der Waals surface area contributed by atoms with E-state index in [0.29, 0.717) is 19.2 Å². The lowest BCUT2D eigenvalue weighted by molar-refractivity contribution is 0.312. The Morgan fingerprint density at radius 2 is 2.07 bits per heavy atom. The summed E-state index contributed by atoms with van der Waals surface area (Å²) in [4.78, 5) is 8.80. The molecule has 1 aromatic carbocycles. The highest BCUT2D eigenvalue weighted by Gasteiger charge is 2.22. The zero-order valence-electron chi connectivity index (χ0n) is 18.0. The number of guanidine groups is 1. The number of aromatic nitrogens is 3. The second-order valence-corrected chi connectivity index (χ2v) is 8.23. The number of nitrogens with one attached hydrogen (secondary N) is 2. The minimum Gasteiger partial charge on any atom is -0.491 e. The third-order valence-electron chi connectivity index (χ3n) is 4.88. The molecule has 3 rings (SSSR count). The van der Waals surface area contributed by atoms with E-state index >= 15 is 0 Å². The zero-order chi connectivity index (χ0) is 20.1. The SMILES string of the molecule is CN=C(NCCOc1ccccc1C(C)(C)C)NC1CCc2nc(C)nn2C1.I. The summed E-state index contributed by atoms with van der Waals surface area (Å²) in [5.74, 6) is 3.65. The molecule has 0 aliphatic carbocycles. The largest absolute Gasteiger partial charge is 0.491 e. The van der Waals surface area contributed by atoms with E-state index in [1.54, 1.807) is 7.05 Å². The number of hydrogen-bond acceptors (Lipinski definition) is 4. The molecular weight excluding hydrogens is 479 g/mol. The van der Waals surface area contributed by atoms with Crippen LogP contribution in [0.4, 0.5) is 0 Å². The van der Waals surface area contributed by atoms with Crippen LogP contribution in [0.1, 0.15) is 44.4 Å². The van der Waals surface area contributed by atoms with Crippen LogP contribution < -0.4 is 15.4 Å². The predicted molar refractivity (Wildman–Crippen MR) is 127 cm³/mol. The molecule has 8 heteroatoms. The number of hydrogen-bond donors (Lipinski definition) is 2. The minimum atomic E-state index is 0. The molecular formula is C21H33IN6O. The van der Waals surface area contributed by atoms with E-state index in [0.717, 1.165) is 42.7 Å². The molecule has 0 amide bonds. The molecule has 0 fully saturated rings. The lowest BCUT2D eigenvalue weighted by Gasteiger charge is -2.25. The summed E-state index contributed by atoms with van der Waals surface area (Å²) in [6.45, 7) is 10.6. The lowest BCUT2D eigenvalue weighted by atomic mass is 9.86. The van der Waals surface area contributed by atoms with E-state index in [-0.39, 0.29) is 29.4 Å². The molecule has 1 aliphatic heterocycles. The molecule has 7 nitrogen and oxygen atoms in total. The van der Waals surface area contributed by atoms with Gasteiger partial charge in [0, 0.05) is 19.5 Å². The van der Waals surface area contributed by atoms with Gasteiger partial charge in [-0.2, -0.15) is 5.10 Å². The zero-order valence-corrected chi connectivity index (χ0v) is 20.4. The highest BCUT2D eigenvalue weighted by molar-refractivity contribution is 14.0. The number of fused-ring (bicyclic) bond motifs is 1. The summed E-state index contributed by atoms with van der Waals surface area (Å²) in [7, 11) is 1.79. The Morgan fingerprint density at radius 3 is 2.79 bits per heavy atom. The maximum absolute atomic E-state index is 6.03. The minimum absolute atomic E-state index is 0. The van der Waals surface area contributed by atoms with Crippen LogP contribution in [0.25, 0.3) is 0 Å². The quantitative estimate of drug-likeness (QED) is 0.279. The Kier molecular flexibility index (Phi) is 8.30. The number of aliphatic imine (C=N–C) groups is 1.